The van der Waals surface area contributed by atoms with Crippen LogP contribution in [0.4, 0.5) is 10.5 Å². The summed E-state index contributed by atoms with van der Waals surface area (Å²) in [7, 11) is 0. The maximum atomic E-state index is 12.6. The maximum Gasteiger partial charge on any atom is 0.322 e. The maximum absolute atomic E-state index is 12.6. The van der Waals surface area contributed by atoms with E-state index < -0.39 is 0 Å². The third-order valence-electron chi connectivity index (χ3n) is 4.56. The molecule has 0 aromatic carbocycles. The van der Waals surface area contributed by atoms with E-state index in [1.165, 1.54) is 0 Å². The summed E-state index contributed by atoms with van der Waals surface area (Å²) in [4.78, 5) is 21.1. The first kappa shape index (κ1) is 17.6. The van der Waals surface area contributed by atoms with Gasteiger partial charge in [-0.25, -0.2) is 4.79 Å². The molecule has 2 amide bonds. The van der Waals surface area contributed by atoms with Gasteiger partial charge in [-0.05, 0) is 48.7 Å². The SMILES string of the molecule is C[C@@H]1CN(C[C@H]2CCCN2C(=O)Nc2cncc(Br)c2)C[C@H](C)O1. The van der Waals surface area contributed by atoms with Crippen molar-refractivity contribution in [1.82, 2.24) is 14.8 Å². The van der Waals surface area contributed by atoms with Gasteiger partial charge in [-0.2, -0.15) is 0 Å². The first-order chi connectivity index (χ1) is 11.5. The Morgan fingerprint density at radius 1 is 1.38 bits per heavy atom. The number of anilines is 1. The molecule has 3 atom stereocenters. The summed E-state index contributed by atoms with van der Waals surface area (Å²) in [5, 5.41) is 2.96. The van der Waals surface area contributed by atoms with E-state index in [9.17, 15) is 4.79 Å². The van der Waals surface area contributed by atoms with Crippen molar-refractivity contribution < 1.29 is 9.53 Å². The van der Waals surface area contributed by atoms with E-state index in [1.54, 1.807) is 12.4 Å². The highest BCUT2D eigenvalue weighted by Crippen LogP contribution is 2.22. The molecular weight excluding hydrogens is 372 g/mol. The summed E-state index contributed by atoms with van der Waals surface area (Å²) >= 11 is 3.38. The number of morpholine rings is 1. The van der Waals surface area contributed by atoms with E-state index in [2.05, 4.69) is 45.0 Å². The quantitative estimate of drug-likeness (QED) is 0.852. The van der Waals surface area contributed by atoms with E-state index in [0.29, 0.717) is 5.69 Å². The molecule has 2 aliphatic rings. The molecule has 0 aliphatic carbocycles. The van der Waals surface area contributed by atoms with Crippen molar-refractivity contribution in [3.05, 3.63) is 22.9 Å². The number of likely N-dealkylation sites (tertiary alicyclic amines) is 1. The fraction of sp³-hybridized carbons (Fsp3) is 0.647. The van der Waals surface area contributed by atoms with Gasteiger partial charge < -0.3 is 15.0 Å². The van der Waals surface area contributed by atoms with Crippen molar-refractivity contribution in [2.24, 2.45) is 0 Å². The van der Waals surface area contributed by atoms with Crippen LogP contribution in [0, 0.1) is 0 Å². The smallest absolute Gasteiger partial charge is 0.322 e. The van der Waals surface area contributed by atoms with E-state index in [4.69, 9.17) is 4.74 Å². The van der Waals surface area contributed by atoms with Crippen LogP contribution in [-0.4, -0.2) is 65.2 Å². The minimum absolute atomic E-state index is 0.0354. The van der Waals surface area contributed by atoms with Gasteiger partial charge in [0.15, 0.2) is 0 Å². The lowest BCUT2D eigenvalue weighted by atomic mass is 10.1. The molecule has 7 heteroatoms. The van der Waals surface area contributed by atoms with E-state index in [1.807, 2.05) is 11.0 Å². The van der Waals surface area contributed by atoms with Crippen LogP contribution in [-0.2, 0) is 4.74 Å². The molecule has 2 fully saturated rings. The monoisotopic (exact) mass is 396 g/mol. The molecule has 0 radical (unpaired) electrons. The van der Waals surface area contributed by atoms with Crippen LogP contribution in [0.25, 0.3) is 0 Å². The topological polar surface area (TPSA) is 57.7 Å². The average Bonchev–Trinajstić information content (AvgIpc) is 2.94. The number of carbonyl (C=O) groups excluding carboxylic acids is 1. The van der Waals surface area contributed by atoms with Crippen molar-refractivity contribution in [1.29, 1.82) is 0 Å². The highest BCUT2D eigenvalue weighted by atomic mass is 79.9. The predicted molar refractivity (Wildman–Crippen MR) is 97.1 cm³/mol. The van der Waals surface area contributed by atoms with Crippen LogP contribution in [0.5, 0.6) is 0 Å². The third-order valence-corrected chi connectivity index (χ3v) is 4.99. The highest BCUT2D eigenvalue weighted by Gasteiger charge is 2.32. The molecule has 0 saturated carbocycles. The lowest BCUT2D eigenvalue weighted by molar-refractivity contribution is -0.0712. The molecule has 1 N–H and O–H groups in total. The number of aromatic nitrogens is 1. The molecule has 3 heterocycles. The van der Waals surface area contributed by atoms with Crippen LogP contribution in [0.15, 0.2) is 22.9 Å². The molecule has 2 aliphatic heterocycles. The zero-order valence-electron chi connectivity index (χ0n) is 14.2. The fourth-order valence-electron chi connectivity index (χ4n) is 3.70. The van der Waals surface area contributed by atoms with Crippen molar-refractivity contribution in [3.63, 3.8) is 0 Å². The highest BCUT2D eigenvalue weighted by molar-refractivity contribution is 9.10. The number of amides is 2. The normalized spacial score (nSPS) is 28.1. The van der Waals surface area contributed by atoms with Gasteiger partial charge in [0.25, 0.3) is 0 Å². The van der Waals surface area contributed by atoms with E-state index in [0.717, 1.165) is 43.5 Å². The number of rotatable bonds is 3. The van der Waals surface area contributed by atoms with E-state index >= 15 is 0 Å². The largest absolute Gasteiger partial charge is 0.373 e. The third kappa shape index (κ3) is 4.46. The first-order valence-corrected chi connectivity index (χ1v) is 9.36. The number of carbonyl (C=O) groups is 1. The Labute approximate surface area is 151 Å². The van der Waals surface area contributed by atoms with Crippen LogP contribution < -0.4 is 5.32 Å². The van der Waals surface area contributed by atoms with Crippen molar-refractivity contribution in [2.45, 2.75) is 44.9 Å². The van der Waals surface area contributed by atoms with Crippen LogP contribution >= 0.6 is 15.9 Å². The van der Waals surface area contributed by atoms with E-state index in [-0.39, 0.29) is 24.3 Å². The Bertz CT molecular complexity index is 575. The summed E-state index contributed by atoms with van der Waals surface area (Å²) in [6.45, 7) is 7.83. The Hall–Kier alpha value is -1.18. The first-order valence-electron chi connectivity index (χ1n) is 8.57. The van der Waals surface area contributed by atoms with Crippen molar-refractivity contribution in [3.8, 4) is 0 Å². The summed E-state index contributed by atoms with van der Waals surface area (Å²) in [5.74, 6) is 0. The van der Waals surface area contributed by atoms with Gasteiger partial charge in [-0.3, -0.25) is 9.88 Å². The number of urea groups is 1. The zero-order valence-corrected chi connectivity index (χ0v) is 15.8. The second-order valence-corrected chi connectivity index (χ2v) is 7.70. The lowest BCUT2D eigenvalue weighted by Gasteiger charge is -2.38. The molecule has 6 nitrogen and oxygen atoms in total. The molecule has 1 aromatic rings. The zero-order chi connectivity index (χ0) is 17.1. The number of nitrogens with one attached hydrogen (secondary N) is 1. The molecule has 24 heavy (non-hydrogen) atoms. The van der Waals surface area contributed by atoms with Gasteiger partial charge in [0.2, 0.25) is 0 Å². The molecule has 1 aromatic heterocycles. The predicted octanol–water partition coefficient (Wildman–Crippen LogP) is 2.95. The second-order valence-electron chi connectivity index (χ2n) is 6.79. The number of ether oxygens (including phenoxy) is 1. The van der Waals surface area contributed by atoms with Gasteiger partial charge in [0.1, 0.15) is 0 Å². The van der Waals surface area contributed by atoms with Crippen molar-refractivity contribution >= 4 is 27.6 Å². The lowest BCUT2D eigenvalue weighted by Crippen LogP contribution is -2.51. The second kappa shape index (κ2) is 7.80. The molecule has 0 bridgehead atoms. The summed E-state index contributed by atoms with van der Waals surface area (Å²) in [6, 6.07) is 2.09. The molecule has 0 spiro atoms. The number of nitrogens with zero attached hydrogens (tertiary/aromatic N) is 3. The number of hydrogen-bond donors (Lipinski definition) is 1. The van der Waals surface area contributed by atoms with Gasteiger partial charge in [-0.15, -0.1) is 0 Å². The molecule has 0 unspecified atom stereocenters. The minimum Gasteiger partial charge on any atom is -0.373 e. The summed E-state index contributed by atoms with van der Waals surface area (Å²) in [5.41, 5.74) is 0.716. The van der Waals surface area contributed by atoms with Crippen LogP contribution in [0.2, 0.25) is 0 Å². The van der Waals surface area contributed by atoms with Gasteiger partial charge in [-0.1, -0.05) is 0 Å². The average molecular weight is 397 g/mol. The Morgan fingerprint density at radius 3 is 2.83 bits per heavy atom. The molecule has 2 saturated heterocycles. The standard InChI is InChI=1S/C17H25BrN4O2/c1-12-9-21(10-13(2)24-12)11-16-4-3-5-22(16)17(23)20-15-6-14(18)7-19-8-15/h6-8,12-13,16H,3-5,9-11H2,1-2H3,(H,20,23)/t12-,13+,16-/m1/s1. The van der Waals surface area contributed by atoms with Crippen LogP contribution in [0.1, 0.15) is 26.7 Å². The molecule has 3 rings (SSSR count). The van der Waals surface area contributed by atoms with Gasteiger partial charge in [0.05, 0.1) is 24.1 Å². The Morgan fingerprint density at radius 2 is 2.12 bits per heavy atom. The molecule has 132 valence electrons. The number of hydrogen-bond acceptors (Lipinski definition) is 4. The van der Waals surface area contributed by atoms with Crippen molar-refractivity contribution in [2.75, 3.05) is 31.5 Å². The Balaban J connectivity index is 1.59. The number of halogens is 1. The fourth-order valence-corrected chi connectivity index (χ4v) is 4.06. The van der Waals surface area contributed by atoms with Crippen LogP contribution in [0.3, 0.4) is 0 Å². The minimum atomic E-state index is -0.0354. The van der Waals surface area contributed by atoms with Gasteiger partial charge in [0, 0.05) is 42.9 Å². The summed E-state index contributed by atoms with van der Waals surface area (Å²) in [6.07, 6.45) is 6.00. The summed E-state index contributed by atoms with van der Waals surface area (Å²) < 4.78 is 6.66. The van der Waals surface area contributed by atoms with Gasteiger partial charge >= 0.3 is 6.03 Å². The Kier molecular flexibility index (Phi) is 5.73. The molecular formula is C17H25BrN4O2. The number of pyridine rings is 1.